The lowest BCUT2D eigenvalue weighted by Crippen LogP contribution is -2.29. The Balaban J connectivity index is 1.88. The predicted molar refractivity (Wildman–Crippen MR) is 117 cm³/mol. The third kappa shape index (κ3) is 3.58. The number of hydrogen-bond donors (Lipinski definition) is 1. The van der Waals surface area contributed by atoms with Crippen molar-refractivity contribution in [1.29, 1.82) is 0 Å². The van der Waals surface area contributed by atoms with Gasteiger partial charge in [0.2, 0.25) is 0 Å². The molecule has 32 heavy (non-hydrogen) atoms. The van der Waals surface area contributed by atoms with Gasteiger partial charge in [-0.1, -0.05) is 30.3 Å². The van der Waals surface area contributed by atoms with Gasteiger partial charge in [-0.3, -0.25) is 24.6 Å². The Kier molecular flexibility index (Phi) is 5.43. The molecule has 0 bridgehead atoms. The van der Waals surface area contributed by atoms with Crippen molar-refractivity contribution in [3.05, 3.63) is 106 Å². The van der Waals surface area contributed by atoms with Crippen LogP contribution in [0.15, 0.2) is 84.4 Å². The van der Waals surface area contributed by atoms with E-state index in [1.165, 1.54) is 36.3 Å². The molecule has 1 fully saturated rings. The van der Waals surface area contributed by atoms with Crippen molar-refractivity contribution >= 4 is 28.8 Å². The number of amides is 1. The molecule has 3 aromatic carbocycles. The van der Waals surface area contributed by atoms with Gasteiger partial charge in [-0.05, 0) is 42.0 Å². The molecular formula is C24H18N2O6. The third-order valence-electron chi connectivity index (χ3n) is 5.26. The molecule has 8 nitrogen and oxygen atoms in total. The summed E-state index contributed by atoms with van der Waals surface area (Å²) in [4.78, 5) is 37.8. The van der Waals surface area contributed by atoms with E-state index in [4.69, 9.17) is 4.74 Å². The number of nitro groups is 1. The highest BCUT2D eigenvalue weighted by Crippen LogP contribution is 2.42. The van der Waals surface area contributed by atoms with Crippen molar-refractivity contribution in [2.24, 2.45) is 0 Å². The van der Waals surface area contributed by atoms with Crippen molar-refractivity contribution in [2.45, 2.75) is 6.04 Å². The number of anilines is 1. The Morgan fingerprint density at radius 2 is 1.59 bits per heavy atom. The molecule has 0 aromatic heterocycles. The summed E-state index contributed by atoms with van der Waals surface area (Å²) in [6.07, 6.45) is 0. The van der Waals surface area contributed by atoms with Gasteiger partial charge in [-0.15, -0.1) is 0 Å². The lowest BCUT2D eigenvalue weighted by molar-refractivity contribution is -0.384. The van der Waals surface area contributed by atoms with Crippen LogP contribution in [-0.2, 0) is 9.59 Å². The van der Waals surface area contributed by atoms with Gasteiger partial charge in [0.05, 0.1) is 23.6 Å². The number of hydrogen-bond acceptors (Lipinski definition) is 6. The fourth-order valence-electron chi connectivity index (χ4n) is 3.69. The quantitative estimate of drug-likeness (QED) is 0.213. The zero-order valence-electron chi connectivity index (χ0n) is 17.0. The van der Waals surface area contributed by atoms with Crippen molar-refractivity contribution in [3.8, 4) is 5.75 Å². The Morgan fingerprint density at radius 1 is 0.969 bits per heavy atom. The van der Waals surface area contributed by atoms with Gasteiger partial charge in [0, 0.05) is 23.4 Å². The molecular weight excluding hydrogens is 412 g/mol. The zero-order chi connectivity index (χ0) is 22.8. The minimum atomic E-state index is -0.875. The Morgan fingerprint density at radius 3 is 2.16 bits per heavy atom. The first kappa shape index (κ1) is 20.8. The van der Waals surface area contributed by atoms with Crippen molar-refractivity contribution < 1.29 is 24.4 Å². The summed E-state index contributed by atoms with van der Waals surface area (Å²) >= 11 is 0. The van der Waals surface area contributed by atoms with Crippen LogP contribution in [0.2, 0.25) is 0 Å². The van der Waals surface area contributed by atoms with Crippen molar-refractivity contribution in [1.82, 2.24) is 0 Å². The van der Waals surface area contributed by atoms with Crippen LogP contribution in [0.4, 0.5) is 11.4 Å². The normalized spacial score (nSPS) is 17.4. The molecule has 8 heteroatoms. The second kappa shape index (κ2) is 8.35. The minimum absolute atomic E-state index is 0.0918. The number of carbonyl (C=O) groups excluding carboxylic acids is 2. The second-order valence-corrected chi connectivity index (χ2v) is 7.08. The number of rotatable bonds is 5. The minimum Gasteiger partial charge on any atom is -0.507 e. The summed E-state index contributed by atoms with van der Waals surface area (Å²) in [6, 6.07) is 19.8. The van der Waals surface area contributed by atoms with Gasteiger partial charge in [0.15, 0.2) is 0 Å². The van der Waals surface area contributed by atoms with Crippen LogP contribution in [0.5, 0.6) is 5.75 Å². The Hall–Kier alpha value is -4.46. The number of ketones is 1. The maximum atomic E-state index is 13.0. The first-order valence-corrected chi connectivity index (χ1v) is 9.67. The van der Waals surface area contributed by atoms with Crippen LogP contribution in [0.3, 0.4) is 0 Å². The average molecular weight is 430 g/mol. The lowest BCUT2D eigenvalue weighted by Gasteiger charge is -2.25. The van der Waals surface area contributed by atoms with E-state index in [0.717, 1.165) is 0 Å². The van der Waals surface area contributed by atoms with Crippen molar-refractivity contribution in [3.63, 3.8) is 0 Å². The number of ether oxygens (including phenoxy) is 1. The molecule has 0 saturated carbocycles. The number of non-ortho nitro benzene ring substituents is 1. The summed E-state index contributed by atoms with van der Waals surface area (Å²) in [7, 11) is 1.52. The summed E-state index contributed by atoms with van der Waals surface area (Å²) in [5, 5.41) is 21.9. The lowest BCUT2D eigenvalue weighted by atomic mass is 9.95. The molecule has 1 atom stereocenters. The molecule has 0 radical (unpaired) electrons. The fraction of sp³-hybridized carbons (Fsp3) is 0.0833. The molecule has 0 aliphatic carbocycles. The van der Waals surface area contributed by atoms with E-state index in [9.17, 15) is 24.8 Å². The molecule has 1 saturated heterocycles. The largest absolute Gasteiger partial charge is 0.507 e. The van der Waals surface area contributed by atoms with E-state index >= 15 is 0 Å². The standard InChI is InChI=1S/C24H18N2O6/c1-32-19-13-11-17(12-14-19)25-21(15-5-3-2-4-6-15)20(23(28)24(25)29)22(27)16-7-9-18(10-8-16)26(30)31/h2-14,21,27H,1H3/b22-20+/t21-/m0/s1. The third-order valence-corrected chi connectivity index (χ3v) is 5.26. The average Bonchev–Trinajstić information content (AvgIpc) is 3.09. The second-order valence-electron chi connectivity index (χ2n) is 7.08. The van der Waals surface area contributed by atoms with Crippen LogP contribution in [0.1, 0.15) is 17.2 Å². The predicted octanol–water partition coefficient (Wildman–Crippen LogP) is 4.23. The number of carbonyl (C=O) groups is 2. The van der Waals surface area contributed by atoms with E-state index < -0.39 is 28.4 Å². The highest BCUT2D eigenvalue weighted by molar-refractivity contribution is 6.51. The van der Waals surface area contributed by atoms with Gasteiger partial charge >= 0.3 is 0 Å². The highest BCUT2D eigenvalue weighted by atomic mass is 16.6. The van der Waals surface area contributed by atoms with E-state index in [1.807, 2.05) is 0 Å². The maximum absolute atomic E-state index is 13.0. The number of benzene rings is 3. The molecule has 0 unspecified atom stereocenters. The van der Waals surface area contributed by atoms with Crippen molar-refractivity contribution in [2.75, 3.05) is 12.0 Å². The molecule has 1 N–H and O–H groups in total. The van der Waals surface area contributed by atoms with Gasteiger partial charge < -0.3 is 9.84 Å². The monoisotopic (exact) mass is 430 g/mol. The Bertz CT molecular complexity index is 1220. The maximum Gasteiger partial charge on any atom is 0.300 e. The van der Waals surface area contributed by atoms with Crippen LogP contribution in [-0.4, -0.2) is 28.8 Å². The van der Waals surface area contributed by atoms with Crippen LogP contribution in [0.25, 0.3) is 5.76 Å². The summed E-state index contributed by atoms with van der Waals surface area (Å²) in [6.45, 7) is 0. The molecule has 1 aliphatic heterocycles. The fourth-order valence-corrected chi connectivity index (χ4v) is 3.69. The number of Topliss-reactive ketones (excluding diaryl/α,β-unsaturated/α-hetero) is 1. The zero-order valence-corrected chi connectivity index (χ0v) is 17.0. The molecule has 1 heterocycles. The number of aliphatic hydroxyl groups is 1. The van der Waals surface area contributed by atoms with E-state index in [0.29, 0.717) is 17.0 Å². The molecule has 1 aliphatic rings. The summed E-state index contributed by atoms with van der Waals surface area (Å²) in [5.41, 5.74) is 1.05. The van der Waals surface area contributed by atoms with Crippen LogP contribution >= 0.6 is 0 Å². The summed E-state index contributed by atoms with van der Waals surface area (Å²) in [5.74, 6) is -1.44. The topological polar surface area (TPSA) is 110 Å². The van der Waals surface area contributed by atoms with Gasteiger partial charge in [0.25, 0.3) is 17.4 Å². The SMILES string of the molecule is COc1ccc(N2C(=O)C(=O)/C(=C(/O)c3ccc([N+](=O)[O-])cc3)[C@@H]2c2ccccc2)cc1. The highest BCUT2D eigenvalue weighted by Gasteiger charge is 2.46. The molecule has 0 spiro atoms. The van der Waals surface area contributed by atoms with Gasteiger partial charge in [-0.25, -0.2) is 0 Å². The van der Waals surface area contributed by atoms with Crippen LogP contribution in [0, 0.1) is 10.1 Å². The molecule has 4 rings (SSSR count). The Labute approximate surface area is 183 Å². The number of nitrogens with zero attached hydrogens (tertiary/aromatic N) is 2. The molecule has 160 valence electrons. The smallest absolute Gasteiger partial charge is 0.300 e. The first-order chi connectivity index (χ1) is 15.4. The van der Waals surface area contributed by atoms with Gasteiger partial charge in [-0.2, -0.15) is 0 Å². The first-order valence-electron chi connectivity index (χ1n) is 9.67. The number of methoxy groups -OCH3 is 1. The molecule has 1 amide bonds. The molecule has 3 aromatic rings. The number of aliphatic hydroxyl groups excluding tert-OH is 1. The van der Waals surface area contributed by atoms with Gasteiger partial charge in [0.1, 0.15) is 11.5 Å². The van der Waals surface area contributed by atoms with Crippen LogP contribution < -0.4 is 9.64 Å². The summed E-state index contributed by atoms with van der Waals surface area (Å²) < 4.78 is 5.17. The van der Waals surface area contributed by atoms with E-state index in [-0.39, 0.29) is 16.8 Å². The number of nitro benzene ring substituents is 1. The van der Waals surface area contributed by atoms with E-state index in [1.54, 1.807) is 54.6 Å². The van der Waals surface area contributed by atoms with E-state index in [2.05, 4.69) is 0 Å².